The first-order chi connectivity index (χ1) is 15.7. The Kier molecular flexibility index (Phi) is 5.35. The third-order valence-corrected chi connectivity index (χ3v) is 5.73. The molecule has 164 valence electrons. The van der Waals surface area contributed by atoms with Crippen molar-refractivity contribution in [3.8, 4) is 28.7 Å². The molecule has 2 atom stereocenters. The number of Topliss-reactive ketones (excluding diaryl/α,β-unsaturated/α-hetero) is 1. The van der Waals surface area contributed by atoms with Crippen LogP contribution in [0.1, 0.15) is 34.3 Å². The Labute approximate surface area is 186 Å². The first-order valence-electron chi connectivity index (χ1n) is 10.7. The Morgan fingerprint density at radius 1 is 0.969 bits per heavy atom. The van der Waals surface area contributed by atoms with E-state index >= 15 is 0 Å². The Morgan fingerprint density at radius 3 is 2.59 bits per heavy atom. The van der Waals surface area contributed by atoms with Gasteiger partial charge in [-0.15, -0.1) is 0 Å². The minimum Gasteiger partial charge on any atom is -0.493 e. The minimum atomic E-state index is -0.465. The van der Waals surface area contributed by atoms with Gasteiger partial charge in [0.1, 0.15) is 36.6 Å². The van der Waals surface area contributed by atoms with Gasteiger partial charge in [-0.3, -0.25) is 4.79 Å². The molecule has 0 aliphatic carbocycles. The van der Waals surface area contributed by atoms with E-state index in [9.17, 15) is 4.79 Å². The SMILES string of the molecule is CCOc1cc2c(cc1OC)OC[C@H]1Oc3cc(OCc4ccccc4)ccc3C(=O)[C@@H]21. The molecule has 0 aromatic heterocycles. The monoisotopic (exact) mass is 432 g/mol. The lowest BCUT2D eigenvalue weighted by Crippen LogP contribution is -2.43. The van der Waals surface area contributed by atoms with E-state index in [0.29, 0.717) is 47.5 Å². The highest BCUT2D eigenvalue weighted by Crippen LogP contribution is 2.47. The Hall–Kier alpha value is -3.67. The molecule has 0 radical (unpaired) electrons. The maximum absolute atomic E-state index is 13.5. The van der Waals surface area contributed by atoms with E-state index in [1.54, 1.807) is 25.3 Å². The second-order valence-electron chi connectivity index (χ2n) is 7.72. The van der Waals surface area contributed by atoms with Crippen LogP contribution < -0.4 is 23.7 Å². The first kappa shape index (κ1) is 20.2. The van der Waals surface area contributed by atoms with Gasteiger partial charge < -0.3 is 23.7 Å². The van der Waals surface area contributed by atoms with Crippen LogP contribution in [0.3, 0.4) is 0 Å². The van der Waals surface area contributed by atoms with Crippen LogP contribution in [0.2, 0.25) is 0 Å². The molecule has 0 amide bonds. The standard InChI is InChI=1S/C26H24O6/c1-3-29-23-12-19-20(13-22(23)28-2)31-15-24-25(19)26(27)18-10-9-17(11-21(18)32-24)30-14-16-7-5-4-6-8-16/h4-13,24-25H,3,14-15H2,1-2H3/t24-,25+/m1/s1. The van der Waals surface area contributed by atoms with Crippen molar-refractivity contribution in [2.45, 2.75) is 25.6 Å². The van der Waals surface area contributed by atoms with Crippen LogP contribution in [0.25, 0.3) is 0 Å². The van der Waals surface area contributed by atoms with E-state index in [-0.39, 0.29) is 12.4 Å². The molecule has 6 heteroatoms. The summed E-state index contributed by atoms with van der Waals surface area (Å²) in [5.74, 6) is 2.49. The predicted octanol–water partition coefficient (Wildman–Crippen LogP) is 4.79. The van der Waals surface area contributed by atoms with Crippen molar-refractivity contribution < 1.29 is 28.5 Å². The van der Waals surface area contributed by atoms with Crippen LogP contribution in [0.4, 0.5) is 0 Å². The molecule has 0 spiro atoms. The third kappa shape index (κ3) is 3.62. The normalized spacial score (nSPS) is 18.4. The van der Waals surface area contributed by atoms with Gasteiger partial charge in [-0.25, -0.2) is 0 Å². The number of ketones is 1. The zero-order valence-electron chi connectivity index (χ0n) is 18.0. The summed E-state index contributed by atoms with van der Waals surface area (Å²) in [5, 5.41) is 0. The number of methoxy groups -OCH3 is 1. The fraction of sp³-hybridized carbons (Fsp3) is 0.269. The quantitative estimate of drug-likeness (QED) is 0.558. The zero-order chi connectivity index (χ0) is 22.1. The summed E-state index contributed by atoms with van der Waals surface area (Å²) in [4.78, 5) is 13.5. The average Bonchev–Trinajstić information content (AvgIpc) is 2.83. The molecule has 0 saturated carbocycles. The third-order valence-electron chi connectivity index (χ3n) is 5.73. The molecule has 2 aliphatic heterocycles. The van der Waals surface area contributed by atoms with Crippen molar-refractivity contribution in [1.82, 2.24) is 0 Å². The number of rotatable bonds is 6. The minimum absolute atomic E-state index is 0.00280. The summed E-state index contributed by atoms with van der Waals surface area (Å²) in [6.45, 7) is 3.11. The van der Waals surface area contributed by atoms with Crippen molar-refractivity contribution in [3.63, 3.8) is 0 Å². The van der Waals surface area contributed by atoms with E-state index in [1.807, 2.05) is 49.4 Å². The highest BCUT2D eigenvalue weighted by molar-refractivity contribution is 6.05. The van der Waals surface area contributed by atoms with E-state index < -0.39 is 12.0 Å². The van der Waals surface area contributed by atoms with E-state index in [2.05, 4.69) is 0 Å². The second-order valence-corrected chi connectivity index (χ2v) is 7.72. The number of hydrogen-bond donors (Lipinski definition) is 0. The smallest absolute Gasteiger partial charge is 0.178 e. The summed E-state index contributed by atoms with van der Waals surface area (Å²) in [5.41, 5.74) is 2.37. The topological polar surface area (TPSA) is 63.2 Å². The number of fused-ring (bicyclic) bond motifs is 4. The van der Waals surface area contributed by atoms with Gasteiger partial charge in [-0.05, 0) is 30.7 Å². The Bertz CT molecular complexity index is 1140. The molecule has 6 nitrogen and oxygen atoms in total. The molecule has 2 aliphatic rings. The molecule has 32 heavy (non-hydrogen) atoms. The van der Waals surface area contributed by atoms with E-state index in [0.717, 1.165) is 11.1 Å². The van der Waals surface area contributed by atoms with Crippen molar-refractivity contribution >= 4 is 5.78 Å². The number of carbonyl (C=O) groups is 1. The number of benzene rings is 3. The zero-order valence-corrected chi connectivity index (χ0v) is 18.0. The number of hydrogen-bond acceptors (Lipinski definition) is 6. The van der Waals surface area contributed by atoms with E-state index in [1.165, 1.54) is 0 Å². The molecular weight excluding hydrogens is 408 g/mol. The summed E-state index contributed by atoms with van der Waals surface area (Å²) in [6, 6.07) is 18.9. The fourth-order valence-corrected chi connectivity index (χ4v) is 4.20. The summed E-state index contributed by atoms with van der Waals surface area (Å²) in [7, 11) is 1.58. The summed E-state index contributed by atoms with van der Waals surface area (Å²) >= 11 is 0. The highest BCUT2D eigenvalue weighted by atomic mass is 16.5. The Morgan fingerprint density at radius 2 is 1.81 bits per heavy atom. The van der Waals surface area contributed by atoms with Crippen molar-refractivity contribution in [2.75, 3.05) is 20.3 Å². The van der Waals surface area contributed by atoms with Gasteiger partial charge in [-0.1, -0.05) is 30.3 Å². The molecule has 0 saturated heterocycles. The lowest BCUT2D eigenvalue weighted by molar-refractivity contribution is 0.0557. The maximum Gasteiger partial charge on any atom is 0.178 e. The largest absolute Gasteiger partial charge is 0.493 e. The van der Waals surface area contributed by atoms with Gasteiger partial charge in [-0.2, -0.15) is 0 Å². The first-order valence-corrected chi connectivity index (χ1v) is 10.7. The molecule has 3 aromatic carbocycles. The van der Waals surface area contributed by atoms with Gasteiger partial charge in [0.15, 0.2) is 17.3 Å². The lowest BCUT2D eigenvalue weighted by Gasteiger charge is -2.37. The number of carbonyl (C=O) groups excluding carboxylic acids is 1. The van der Waals surface area contributed by atoms with Gasteiger partial charge in [0.25, 0.3) is 0 Å². The molecule has 3 aromatic rings. The summed E-state index contributed by atoms with van der Waals surface area (Å²) in [6.07, 6.45) is -0.422. The van der Waals surface area contributed by atoms with Crippen LogP contribution in [0, 0.1) is 0 Å². The predicted molar refractivity (Wildman–Crippen MR) is 118 cm³/mol. The van der Waals surface area contributed by atoms with Gasteiger partial charge >= 0.3 is 0 Å². The fourth-order valence-electron chi connectivity index (χ4n) is 4.20. The molecule has 5 rings (SSSR count). The van der Waals surface area contributed by atoms with Crippen LogP contribution in [-0.4, -0.2) is 32.2 Å². The van der Waals surface area contributed by atoms with Gasteiger partial charge in [0, 0.05) is 17.7 Å². The lowest BCUT2D eigenvalue weighted by atomic mass is 9.82. The summed E-state index contributed by atoms with van der Waals surface area (Å²) < 4.78 is 29.2. The van der Waals surface area contributed by atoms with Crippen LogP contribution in [0.5, 0.6) is 28.7 Å². The van der Waals surface area contributed by atoms with Crippen LogP contribution >= 0.6 is 0 Å². The van der Waals surface area contributed by atoms with Crippen LogP contribution in [0.15, 0.2) is 60.7 Å². The molecule has 0 fully saturated rings. The van der Waals surface area contributed by atoms with Crippen LogP contribution in [-0.2, 0) is 6.61 Å². The molecular formula is C26H24O6. The highest BCUT2D eigenvalue weighted by Gasteiger charge is 2.43. The maximum atomic E-state index is 13.5. The van der Waals surface area contributed by atoms with Crippen molar-refractivity contribution in [1.29, 1.82) is 0 Å². The number of ether oxygens (including phenoxy) is 5. The van der Waals surface area contributed by atoms with Crippen molar-refractivity contribution in [3.05, 3.63) is 77.4 Å². The van der Waals surface area contributed by atoms with E-state index in [4.69, 9.17) is 23.7 Å². The van der Waals surface area contributed by atoms with Crippen molar-refractivity contribution in [2.24, 2.45) is 0 Å². The second kappa shape index (κ2) is 8.46. The average molecular weight is 432 g/mol. The van der Waals surface area contributed by atoms with Gasteiger partial charge in [0.2, 0.25) is 0 Å². The molecule has 0 N–H and O–H groups in total. The molecule has 2 heterocycles. The van der Waals surface area contributed by atoms with Gasteiger partial charge in [0.05, 0.1) is 25.2 Å². The molecule has 0 bridgehead atoms. The molecule has 0 unspecified atom stereocenters. The Balaban J connectivity index is 1.43.